The minimum atomic E-state index is -1.36. The highest BCUT2D eigenvalue weighted by atomic mass is 17.0. The Morgan fingerprint density at radius 3 is 1.29 bits per heavy atom. The first-order chi connectivity index (χ1) is 40.6. The van der Waals surface area contributed by atoms with E-state index >= 15 is 0 Å². The van der Waals surface area contributed by atoms with Crippen molar-refractivity contribution >= 4 is 50.9 Å². The number of anilines is 3. The molecular weight excluding hydrogens is 1120 g/mol. The van der Waals surface area contributed by atoms with Gasteiger partial charge in [-0.05, 0) is 50.4 Å². The van der Waals surface area contributed by atoms with Gasteiger partial charge >= 0.3 is 0 Å². The number of aliphatic hydroxyl groups is 6. The highest BCUT2D eigenvalue weighted by Crippen LogP contribution is 2.46. The Morgan fingerprint density at radius 1 is 0.500 bits per heavy atom. The van der Waals surface area contributed by atoms with Crippen molar-refractivity contribution < 1.29 is 79.4 Å². The number of nitrogens with zero attached hydrogens (tertiary/aromatic N) is 15. The van der Waals surface area contributed by atoms with Crippen LogP contribution < -0.4 is 16.0 Å². The summed E-state index contributed by atoms with van der Waals surface area (Å²) >= 11 is 0. The lowest BCUT2D eigenvalue weighted by Gasteiger charge is -2.23. The Balaban J connectivity index is 0.000000132. The predicted molar refractivity (Wildman–Crippen MR) is 279 cm³/mol. The normalized spacial score (nSPS) is 31.8. The van der Waals surface area contributed by atoms with E-state index in [4.69, 9.17) is 18.9 Å². The molecule has 0 amide bonds. The summed E-state index contributed by atoms with van der Waals surface area (Å²) in [5.74, 6) is 3.21. The average molecular weight is 1180 g/mol. The minimum Gasteiger partial charge on any atom is -0.387 e. The standard InChI is InChI=1S/C17H22N6O6.C16H22N6O6.C14H18N6O7/c24-13-11(5-28-23(26)27)29-17(14(13)25)22-7-20-12-15(18-6-19-16(12)22)21-10-4-8-1-2-9(10)3-8;23-12-10(6-27-22(25)26)28-16(13(12)24)21-8-19-11-14(17-7-18-15(11)21)20-9-4-2-1-3-5-9;21-10-8(4-26-20(23)24)27-14(11(10)22)19-6-17-9-12(15-5-16-13(9)19)18-7-1-2-25-3-7/h6-11,13-14,17,24-25H,1-5H2,(H,18,19,21);7-10,12-13,16,23-24H,1-6H2,(H,17,18,20);5-8,10-11,14,21-22H,1-4H2,(H,15,16,18)/t8?,9?,10?,11-,13-,14-,17-;10-,12-,13-,16-;7?,8-,10-,11-,14-/m111/s1. The zero-order valence-corrected chi connectivity index (χ0v) is 44.6. The number of aromatic nitrogens is 12. The van der Waals surface area contributed by atoms with E-state index in [0.717, 1.165) is 31.6 Å². The molecule has 7 fully saturated rings. The Bertz CT molecular complexity index is 3260. The van der Waals surface area contributed by atoms with Crippen molar-refractivity contribution in [3.8, 4) is 0 Å². The summed E-state index contributed by atoms with van der Waals surface area (Å²) in [5, 5.41) is 99.8. The molecule has 454 valence electrons. The smallest absolute Gasteiger partial charge is 0.294 e. The summed E-state index contributed by atoms with van der Waals surface area (Å²) in [7, 11) is 0. The second-order valence-corrected chi connectivity index (χ2v) is 21.4. The molecule has 6 aromatic heterocycles. The zero-order chi connectivity index (χ0) is 58.8. The van der Waals surface area contributed by atoms with E-state index < -0.39 is 109 Å². The van der Waals surface area contributed by atoms with E-state index in [1.165, 1.54) is 90.2 Å². The first-order valence-electron chi connectivity index (χ1n) is 27.4. The van der Waals surface area contributed by atoms with Gasteiger partial charge < -0.3 is 80.0 Å². The molecule has 16 atom stereocenters. The fourth-order valence-corrected chi connectivity index (χ4v) is 12.0. The summed E-state index contributed by atoms with van der Waals surface area (Å²) in [6.45, 7) is -0.231. The number of aliphatic hydroxyl groups excluding tert-OH is 6. The van der Waals surface area contributed by atoms with Crippen LogP contribution in [0, 0.1) is 42.2 Å². The van der Waals surface area contributed by atoms with E-state index in [9.17, 15) is 61.0 Å². The monoisotopic (exact) mass is 1180 g/mol. The van der Waals surface area contributed by atoms with Gasteiger partial charge in [0.05, 0.1) is 31.6 Å². The van der Waals surface area contributed by atoms with Crippen molar-refractivity contribution in [3.05, 3.63) is 68.3 Å². The number of nitrogens with one attached hydrogen (secondary N) is 3. The number of hydrogen-bond acceptors (Lipinski definition) is 31. The maximum absolute atomic E-state index is 10.4. The molecule has 37 nitrogen and oxygen atoms in total. The summed E-state index contributed by atoms with van der Waals surface area (Å²) in [4.78, 5) is 82.5. The van der Waals surface area contributed by atoms with Gasteiger partial charge in [0.1, 0.15) is 93.7 Å². The Labute approximate surface area is 473 Å². The molecule has 3 aliphatic carbocycles. The van der Waals surface area contributed by atoms with Crippen LogP contribution in [0.2, 0.25) is 0 Å². The fourth-order valence-electron chi connectivity index (χ4n) is 12.0. The van der Waals surface area contributed by atoms with E-state index in [1.54, 1.807) is 0 Å². The van der Waals surface area contributed by atoms with E-state index in [0.29, 0.717) is 82.2 Å². The third kappa shape index (κ3) is 12.3. The van der Waals surface area contributed by atoms with Gasteiger partial charge in [-0.2, -0.15) is 0 Å². The summed E-state index contributed by atoms with van der Waals surface area (Å²) in [6, 6.07) is 0.818. The van der Waals surface area contributed by atoms with Gasteiger partial charge in [0.2, 0.25) is 0 Å². The fraction of sp³-hybridized carbons (Fsp3) is 0.681. The van der Waals surface area contributed by atoms with Crippen LogP contribution in [0.15, 0.2) is 38.0 Å². The van der Waals surface area contributed by atoms with Crippen LogP contribution >= 0.6 is 0 Å². The third-order valence-electron chi connectivity index (χ3n) is 16.2. The van der Waals surface area contributed by atoms with Crippen LogP contribution in [0.3, 0.4) is 0 Å². The number of imidazole rings is 3. The van der Waals surface area contributed by atoms with E-state index in [1.807, 2.05) is 0 Å². The SMILES string of the molecule is O=[N+]([O-])OC[C@H]1O[C@@H](n2cnc3c(NC4CC5CCC4C5)ncnc32)[C@H](O)[C@@H]1O.O=[N+]([O-])OC[C@H]1O[C@@H](n2cnc3c(NC4CCCCC4)ncnc32)[C@H](O)[C@@H]1O.O=[N+]([O-])OC[C@H]1O[C@@H](n2cnc3c(NC4CCOC4)ncnc32)[C@H](O)[C@@H]1O. The maximum atomic E-state index is 10.4. The van der Waals surface area contributed by atoms with Crippen molar-refractivity contribution in [1.29, 1.82) is 0 Å². The summed E-state index contributed by atoms with van der Waals surface area (Å²) in [6.07, 6.45) is 5.79. The second kappa shape index (κ2) is 25.2. The predicted octanol–water partition coefficient (Wildman–Crippen LogP) is -0.493. The van der Waals surface area contributed by atoms with Gasteiger partial charge in [-0.15, -0.1) is 30.3 Å². The Hall–Kier alpha value is -7.75. The van der Waals surface area contributed by atoms with Crippen LogP contribution in [0.1, 0.15) is 82.9 Å². The molecule has 37 heteroatoms. The lowest BCUT2D eigenvalue weighted by atomic mass is 9.95. The Morgan fingerprint density at radius 2 is 0.917 bits per heavy atom. The average Bonchev–Trinajstić information content (AvgIpc) is 4.50. The maximum Gasteiger partial charge on any atom is 0.294 e. The molecule has 13 rings (SSSR count). The van der Waals surface area contributed by atoms with E-state index in [-0.39, 0.29) is 6.04 Å². The topological polar surface area (TPSA) is 482 Å². The quantitative estimate of drug-likeness (QED) is 0.0387. The molecule has 0 radical (unpaired) electrons. The first kappa shape index (κ1) is 58.0. The third-order valence-corrected chi connectivity index (χ3v) is 16.2. The summed E-state index contributed by atoms with van der Waals surface area (Å²) in [5.41, 5.74) is 2.81. The largest absolute Gasteiger partial charge is 0.387 e. The second-order valence-electron chi connectivity index (χ2n) is 21.4. The van der Waals surface area contributed by atoms with Crippen molar-refractivity contribution in [1.82, 2.24) is 58.6 Å². The molecule has 7 aliphatic rings. The highest BCUT2D eigenvalue weighted by Gasteiger charge is 2.48. The molecule has 0 aromatic carbocycles. The molecule has 3 saturated carbocycles. The number of ether oxygens (including phenoxy) is 4. The van der Waals surface area contributed by atoms with Crippen LogP contribution in [0.4, 0.5) is 17.5 Å². The summed E-state index contributed by atoms with van der Waals surface area (Å²) < 4.78 is 26.5. The zero-order valence-electron chi connectivity index (χ0n) is 44.6. The van der Waals surface area contributed by atoms with Gasteiger partial charge in [0.25, 0.3) is 15.3 Å². The lowest BCUT2D eigenvalue weighted by Crippen LogP contribution is -2.34. The molecular formula is C47H62N18O19. The van der Waals surface area contributed by atoms with Gasteiger partial charge in [-0.1, -0.05) is 25.7 Å². The lowest BCUT2D eigenvalue weighted by molar-refractivity contribution is -0.759. The molecule has 2 bridgehead atoms. The molecule has 4 saturated heterocycles. The van der Waals surface area contributed by atoms with Crippen LogP contribution in [-0.2, 0) is 33.5 Å². The molecule has 84 heavy (non-hydrogen) atoms. The number of hydrogen-bond donors (Lipinski definition) is 9. The first-order valence-corrected chi connectivity index (χ1v) is 27.4. The Kier molecular flexibility index (Phi) is 17.4. The van der Waals surface area contributed by atoms with Gasteiger partial charge in [-0.25, -0.2) is 44.9 Å². The molecule has 9 N–H and O–H groups in total. The van der Waals surface area contributed by atoms with Gasteiger partial charge in [-0.3, -0.25) is 13.7 Å². The molecule has 6 aromatic rings. The minimum absolute atomic E-state index is 0.118. The highest BCUT2D eigenvalue weighted by molar-refractivity contribution is 5.84. The molecule has 10 heterocycles. The van der Waals surface area contributed by atoms with Crippen LogP contribution in [0.25, 0.3) is 33.5 Å². The number of rotatable bonds is 18. The van der Waals surface area contributed by atoms with Crippen molar-refractivity contribution in [2.45, 2.75) is 156 Å². The van der Waals surface area contributed by atoms with Gasteiger partial charge in [0, 0.05) is 18.7 Å². The van der Waals surface area contributed by atoms with E-state index in [2.05, 4.69) is 75.3 Å². The van der Waals surface area contributed by atoms with Crippen molar-refractivity contribution in [2.24, 2.45) is 11.8 Å². The van der Waals surface area contributed by atoms with Gasteiger partial charge in [0.15, 0.2) is 69.6 Å². The molecule has 4 aliphatic heterocycles. The van der Waals surface area contributed by atoms with Crippen molar-refractivity contribution in [3.63, 3.8) is 0 Å². The van der Waals surface area contributed by atoms with Crippen LogP contribution in [-0.4, -0.2) is 211 Å². The molecule has 0 spiro atoms. The molecule has 4 unspecified atom stereocenters. The number of fused-ring (bicyclic) bond motifs is 5. The van der Waals surface area contributed by atoms with Crippen molar-refractivity contribution in [2.75, 3.05) is 49.0 Å². The van der Waals surface area contributed by atoms with Crippen LogP contribution in [0.5, 0.6) is 0 Å².